The van der Waals surface area contributed by atoms with Gasteiger partial charge in [-0.25, -0.2) is 9.59 Å². The number of oxime groups is 1. The Morgan fingerprint density at radius 2 is 2.12 bits per heavy atom. The average Bonchev–Trinajstić information content (AvgIpc) is 3.60. The van der Waals surface area contributed by atoms with Gasteiger partial charge in [-0.15, -0.1) is 22.0 Å². The molecular weight excluding hydrogens is 631 g/mol. The molecule has 4 heterocycles. The summed E-state index contributed by atoms with van der Waals surface area (Å²) in [6.07, 6.45) is -0.222. The molecule has 2 aliphatic rings. The monoisotopic (exact) mass is 657 g/mol. The van der Waals surface area contributed by atoms with Crippen molar-refractivity contribution in [2.75, 3.05) is 30.4 Å². The first-order valence-corrected chi connectivity index (χ1v) is 16.0. The molecule has 0 saturated carbocycles. The number of hydrogen-bond acceptors (Lipinski definition) is 16. The fraction of sp³-hybridized carbons (Fsp3) is 0.500. The van der Waals surface area contributed by atoms with E-state index in [4.69, 9.17) is 15.3 Å². The third-order valence-electron chi connectivity index (χ3n) is 5.35. The lowest BCUT2D eigenvalue weighted by Crippen LogP contribution is -2.71. The highest BCUT2D eigenvalue weighted by Crippen LogP contribution is 2.41. The number of ether oxygens (including phenoxy) is 1. The second-order valence-electron chi connectivity index (χ2n) is 9.62. The van der Waals surface area contributed by atoms with Crippen molar-refractivity contribution in [1.82, 2.24) is 35.1 Å². The number of carbonyl (C=O) groups excluding carboxylic acids is 3. The maximum absolute atomic E-state index is 13.2. The summed E-state index contributed by atoms with van der Waals surface area (Å²) in [5, 5.41) is 26.1. The molecule has 2 atom stereocenters. The van der Waals surface area contributed by atoms with Gasteiger partial charge in [0.1, 0.15) is 34.8 Å². The number of carbonyl (C=O) groups is 4. The number of thioether (sulfide) groups is 2. The second kappa shape index (κ2) is 13.7. The molecule has 3 amide bonds. The maximum Gasteiger partial charge on any atom is 0.407 e. The Kier molecular flexibility index (Phi) is 10.2. The molecule has 0 spiro atoms. The largest absolute Gasteiger partial charge is 0.477 e. The van der Waals surface area contributed by atoms with Gasteiger partial charge in [0, 0.05) is 36.0 Å². The van der Waals surface area contributed by atoms with Crippen molar-refractivity contribution in [3.63, 3.8) is 0 Å². The molecule has 1 saturated heterocycles. The smallest absolute Gasteiger partial charge is 0.407 e. The highest BCUT2D eigenvalue weighted by Gasteiger charge is 2.54. The minimum absolute atomic E-state index is 0.0332. The molecule has 2 aliphatic heterocycles. The summed E-state index contributed by atoms with van der Waals surface area (Å²) in [6, 6.07) is -1.01. The van der Waals surface area contributed by atoms with Gasteiger partial charge in [0.15, 0.2) is 9.47 Å². The van der Waals surface area contributed by atoms with Crippen LogP contribution in [0.3, 0.4) is 0 Å². The number of alkyl carbamates (subject to hydrolysis) is 1. The molecule has 2 aromatic rings. The molecule has 1 fully saturated rings. The number of aliphatic carboxylic acids is 1. The predicted molar refractivity (Wildman–Crippen MR) is 156 cm³/mol. The lowest BCUT2D eigenvalue weighted by Gasteiger charge is -2.49. The van der Waals surface area contributed by atoms with Crippen molar-refractivity contribution in [3.05, 3.63) is 22.6 Å². The van der Waals surface area contributed by atoms with Crippen LogP contribution in [0.25, 0.3) is 0 Å². The summed E-state index contributed by atoms with van der Waals surface area (Å²) in [5.74, 6) is -2.02. The van der Waals surface area contributed by atoms with Crippen molar-refractivity contribution in [3.8, 4) is 0 Å². The standard InChI is InChI=1S/C22H27N9O7S4/c1-22(2,3)38-20(36)24-5-4-6-37-29-11(14-27-19(23)42-30-14)15(32)26-12-16(33)31-13(18(34)35)10(7-39-17(12)31)8-40-21-28-25-9-41-21/h9,12,17H,4-8H2,1-3H3,(H,24,36)(H,26,32)(H,34,35)(H2,23,27,30)/t12?,17-/m0/s1. The molecule has 5 N–H and O–H groups in total. The number of anilines is 1. The Morgan fingerprint density at radius 1 is 1.33 bits per heavy atom. The number of nitrogens with one attached hydrogen (secondary N) is 2. The predicted octanol–water partition coefficient (Wildman–Crippen LogP) is 1.14. The van der Waals surface area contributed by atoms with E-state index in [0.717, 1.165) is 11.5 Å². The molecule has 42 heavy (non-hydrogen) atoms. The zero-order chi connectivity index (χ0) is 30.4. The van der Waals surface area contributed by atoms with E-state index < -0.39 is 40.9 Å². The number of β-lactam (4-membered cyclic amide) rings is 1. The zero-order valence-electron chi connectivity index (χ0n) is 22.6. The van der Waals surface area contributed by atoms with E-state index in [1.165, 1.54) is 39.8 Å². The van der Waals surface area contributed by atoms with Crippen LogP contribution in [0, 0.1) is 0 Å². The highest BCUT2D eigenvalue weighted by atomic mass is 32.2. The van der Waals surface area contributed by atoms with Gasteiger partial charge < -0.3 is 31.0 Å². The summed E-state index contributed by atoms with van der Waals surface area (Å²) in [6.45, 7) is 5.52. The minimum atomic E-state index is -1.23. The van der Waals surface area contributed by atoms with Gasteiger partial charge in [0.05, 0.1) is 0 Å². The number of fused-ring (bicyclic) bond motifs is 1. The zero-order valence-corrected chi connectivity index (χ0v) is 25.8. The Morgan fingerprint density at radius 3 is 2.76 bits per heavy atom. The number of aromatic nitrogens is 4. The summed E-state index contributed by atoms with van der Waals surface area (Å²) in [7, 11) is 0. The number of nitrogens with two attached hydrogens (primary N) is 1. The van der Waals surface area contributed by atoms with Crippen molar-refractivity contribution in [1.29, 1.82) is 0 Å². The molecule has 2 aromatic heterocycles. The van der Waals surface area contributed by atoms with Gasteiger partial charge >= 0.3 is 12.1 Å². The van der Waals surface area contributed by atoms with Crippen LogP contribution in [0.4, 0.5) is 9.93 Å². The minimum Gasteiger partial charge on any atom is -0.477 e. The summed E-state index contributed by atoms with van der Waals surface area (Å²) in [4.78, 5) is 60.6. The van der Waals surface area contributed by atoms with E-state index in [9.17, 15) is 24.3 Å². The molecule has 0 aliphatic carbocycles. The van der Waals surface area contributed by atoms with Crippen LogP contribution in [0.5, 0.6) is 0 Å². The van der Waals surface area contributed by atoms with E-state index in [1.807, 2.05) is 0 Å². The molecule has 20 heteroatoms. The van der Waals surface area contributed by atoms with Crippen LogP contribution in [-0.4, -0.2) is 101 Å². The SMILES string of the molecule is CC(C)(C)OC(=O)NCCCON=C(C(=O)NC1C(=O)N2C(C(=O)O)=C(CSc3nncs3)CS[C@@H]12)c1nsc(N)n1. The number of carboxylic acids is 1. The van der Waals surface area contributed by atoms with Crippen molar-refractivity contribution >= 4 is 81.1 Å². The Bertz CT molecular complexity index is 1390. The number of amides is 3. The van der Waals surface area contributed by atoms with Gasteiger partial charge in [-0.3, -0.25) is 14.5 Å². The van der Waals surface area contributed by atoms with Gasteiger partial charge in [-0.05, 0) is 26.3 Å². The van der Waals surface area contributed by atoms with E-state index >= 15 is 0 Å². The van der Waals surface area contributed by atoms with Gasteiger partial charge in [-0.2, -0.15) is 9.36 Å². The van der Waals surface area contributed by atoms with Crippen LogP contribution < -0.4 is 16.4 Å². The van der Waals surface area contributed by atoms with Crippen LogP contribution >= 0.6 is 46.4 Å². The van der Waals surface area contributed by atoms with Gasteiger partial charge in [0.2, 0.25) is 11.5 Å². The summed E-state index contributed by atoms with van der Waals surface area (Å²) < 4.78 is 9.85. The third kappa shape index (κ3) is 7.86. The molecule has 16 nitrogen and oxygen atoms in total. The molecule has 0 aromatic carbocycles. The molecular formula is C22H27N9O7S4. The molecule has 226 valence electrons. The number of hydrogen-bond donors (Lipinski definition) is 4. The van der Waals surface area contributed by atoms with Gasteiger partial charge in [-0.1, -0.05) is 28.3 Å². The Labute approximate surface area is 256 Å². The van der Waals surface area contributed by atoms with Crippen LogP contribution in [0.1, 0.15) is 33.0 Å². The molecule has 0 bridgehead atoms. The first-order valence-electron chi connectivity index (χ1n) is 12.3. The molecule has 0 radical (unpaired) electrons. The Balaban J connectivity index is 1.37. The number of rotatable bonds is 12. The van der Waals surface area contributed by atoms with E-state index in [0.29, 0.717) is 27.8 Å². The third-order valence-corrected chi connectivity index (χ3v) is 9.18. The average molecular weight is 658 g/mol. The first kappa shape index (κ1) is 31.4. The number of nitrogens with zero attached hydrogens (tertiary/aromatic N) is 6. The highest BCUT2D eigenvalue weighted by molar-refractivity contribution is 8.01. The number of nitrogen functional groups attached to an aromatic ring is 1. The fourth-order valence-corrected chi connectivity index (χ4v) is 7.05. The van der Waals surface area contributed by atoms with Crippen molar-refractivity contribution in [2.24, 2.45) is 5.16 Å². The quantitative estimate of drug-likeness (QED) is 0.0826. The van der Waals surface area contributed by atoms with E-state index in [2.05, 4.69) is 35.3 Å². The van der Waals surface area contributed by atoms with Crippen LogP contribution in [0.15, 0.2) is 26.3 Å². The molecule has 4 rings (SSSR count). The molecule has 1 unspecified atom stereocenters. The van der Waals surface area contributed by atoms with Crippen molar-refractivity contribution in [2.45, 2.75) is 48.5 Å². The second-order valence-corrected chi connectivity index (χ2v) is 13.6. The van der Waals surface area contributed by atoms with E-state index in [1.54, 1.807) is 26.3 Å². The van der Waals surface area contributed by atoms with E-state index in [-0.39, 0.29) is 35.5 Å². The summed E-state index contributed by atoms with van der Waals surface area (Å²) >= 11 is 4.85. The normalized spacial score (nSPS) is 18.7. The fourth-order valence-electron chi connectivity index (χ4n) is 3.65. The Hall–Kier alpha value is -3.49. The lowest BCUT2D eigenvalue weighted by molar-refractivity contribution is -0.150. The maximum atomic E-state index is 13.2. The lowest BCUT2D eigenvalue weighted by atomic mass is 10.0. The van der Waals surface area contributed by atoms with Crippen LogP contribution in [0.2, 0.25) is 0 Å². The summed E-state index contributed by atoms with van der Waals surface area (Å²) in [5.41, 5.74) is 6.79. The first-order chi connectivity index (χ1) is 19.9. The van der Waals surface area contributed by atoms with Crippen LogP contribution in [-0.2, 0) is 24.0 Å². The topological polar surface area (TPSA) is 224 Å². The van der Waals surface area contributed by atoms with Crippen molar-refractivity contribution < 1.29 is 33.9 Å². The number of carboxylic acid groups (broad SMARTS) is 1. The van der Waals surface area contributed by atoms with Gasteiger partial charge in [0.25, 0.3) is 11.8 Å².